The summed E-state index contributed by atoms with van der Waals surface area (Å²) < 4.78 is 29.6. The van der Waals surface area contributed by atoms with Gasteiger partial charge in [-0.15, -0.1) is 0 Å². The molecule has 2 rings (SSSR count). The number of nitrogens with zero attached hydrogens (tertiary/aromatic N) is 1. The van der Waals surface area contributed by atoms with Crippen molar-refractivity contribution in [2.45, 2.75) is 32.7 Å². The zero-order valence-corrected chi connectivity index (χ0v) is 16.3. The lowest BCUT2D eigenvalue weighted by atomic mass is 10.1. The Morgan fingerprint density at radius 1 is 1.30 bits per heavy atom. The minimum Gasteiger partial charge on any atom is -0.452 e. The topological polar surface area (TPSA) is 122 Å². The molecule has 0 saturated carbocycles. The Hall–Kier alpha value is -2.62. The molecule has 1 heterocycles. The molecule has 0 radical (unpaired) electrons. The first-order chi connectivity index (χ1) is 12.6. The monoisotopic (exact) mass is 397 g/mol. The third-order valence-corrected chi connectivity index (χ3v) is 5.33. The number of urea groups is 1. The second-order valence-electron chi connectivity index (χ2n) is 6.34. The van der Waals surface area contributed by atoms with Gasteiger partial charge in [0, 0.05) is 12.6 Å². The lowest BCUT2D eigenvalue weighted by Crippen LogP contribution is -2.44. The molecule has 1 aliphatic rings. The van der Waals surface area contributed by atoms with E-state index in [-0.39, 0.29) is 11.6 Å². The predicted octanol–water partition coefficient (Wildman–Crippen LogP) is 0.790. The van der Waals surface area contributed by atoms with Gasteiger partial charge in [0.25, 0.3) is 5.91 Å². The maximum absolute atomic E-state index is 12.1. The molecule has 0 spiro atoms. The molecule has 1 atom stereocenters. The number of imide groups is 1. The van der Waals surface area contributed by atoms with Gasteiger partial charge in [-0.25, -0.2) is 18.0 Å². The van der Waals surface area contributed by atoms with Crippen LogP contribution in [0.25, 0.3) is 0 Å². The highest BCUT2D eigenvalue weighted by atomic mass is 32.2. The normalized spacial score (nSPS) is 14.3. The molecule has 27 heavy (non-hydrogen) atoms. The first kappa shape index (κ1) is 20.7. The number of fused-ring (bicyclic) bond motifs is 1. The summed E-state index contributed by atoms with van der Waals surface area (Å²) in [5.41, 5.74) is 1.46. The van der Waals surface area contributed by atoms with Crippen LogP contribution in [-0.2, 0) is 26.0 Å². The molecule has 0 bridgehead atoms. The number of carbonyl (C=O) groups is 3. The fraction of sp³-hybridized carbons (Fsp3) is 0.471. The van der Waals surface area contributed by atoms with Crippen LogP contribution in [0.15, 0.2) is 18.2 Å². The number of ether oxygens (including phenoxy) is 1. The fourth-order valence-corrected chi connectivity index (χ4v) is 3.54. The number of hydrogen-bond donors (Lipinski definition) is 2. The largest absolute Gasteiger partial charge is 0.452 e. The second-order valence-corrected chi connectivity index (χ2v) is 8.24. The Balaban J connectivity index is 1.92. The maximum atomic E-state index is 12.1. The number of esters is 1. The lowest BCUT2D eigenvalue weighted by Gasteiger charge is -2.16. The summed E-state index contributed by atoms with van der Waals surface area (Å²) in [7, 11) is -3.37. The molecular weight excluding hydrogens is 374 g/mol. The third kappa shape index (κ3) is 5.43. The molecule has 10 heteroatoms. The van der Waals surface area contributed by atoms with Gasteiger partial charge in [0.15, 0.2) is 6.61 Å². The van der Waals surface area contributed by atoms with E-state index in [9.17, 15) is 22.8 Å². The molecule has 9 nitrogen and oxygen atoms in total. The predicted molar refractivity (Wildman–Crippen MR) is 99.0 cm³/mol. The minimum absolute atomic E-state index is 0.0849. The number of hydrogen-bond acceptors (Lipinski definition) is 6. The smallest absolute Gasteiger partial charge is 0.338 e. The summed E-state index contributed by atoms with van der Waals surface area (Å²) in [4.78, 5) is 35.3. The molecular formula is C17H23N3O6S. The van der Waals surface area contributed by atoms with E-state index in [4.69, 9.17) is 4.74 Å². The highest BCUT2D eigenvalue weighted by Gasteiger charge is 2.27. The van der Waals surface area contributed by atoms with Crippen molar-refractivity contribution in [1.82, 2.24) is 10.6 Å². The van der Waals surface area contributed by atoms with Crippen LogP contribution < -0.4 is 14.9 Å². The molecule has 1 aromatic rings. The van der Waals surface area contributed by atoms with E-state index in [1.165, 1.54) is 10.4 Å². The van der Waals surface area contributed by atoms with Crippen LogP contribution in [-0.4, -0.2) is 51.8 Å². The van der Waals surface area contributed by atoms with Crippen LogP contribution >= 0.6 is 0 Å². The first-order valence-corrected chi connectivity index (χ1v) is 10.3. The van der Waals surface area contributed by atoms with E-state index in [0.29, 0.717) is 30.6 Å². The van der Waals surface area contributed by atoms with Crippen molar-refractivity contribution in [3.63, 3.8) is 0 Å². The summed E-state index contributed by atoms with van der Waals surface area (Å²) in [6.45, 7) is 3.41. The van der Waals surface area contributed by atoms with Crippen LogP contribution in [0.4, 0.5) is 10.5 Å². The van der Waals surface area contributed by atoms with Crippen LogP contribution in [0, 0.1) is 0 Å². The minimum atomic E-state index is -3.37. The van der Waals surface area contributed by atoms with Crippen LogP contribution in [0.1, 0.15) is 36.2 Å². The number of amides is 3. The van der Waals surface area contributed by atoms with Gasteiger partial charge < -0.3 is 10.1 Å². The van der Waals surface area contributed by atoms with Gasteiger partial charge in [0.1, 0.15) is 0 Å². The Kier molecular flexibility index (Phi) is 6.42. The number of rotatable bonds is 6. The summed E-state index contributed by atoms with van der Waals surface area (Å²) in [6.07, 6.45) is 2.33. The molecule has 0 unspecified atom stereocenters. The number of anilines is 1. The maximum Gasteiger partial charge on any atom is 0.338 e. The van der Waals surface area contributed by atoms with Crippen molar-refractivity contribution in [2.75, 3.05) is 23.7 Å². The van der Waals surface area contributed by atoms with Gasteiger partial charge in [0.05, 0.1) is 17.5 Å². The number of sulfonamides is 1. The Morgan fingerprint density at radius 3 is 2.63 bits per heavy atom. The SMILES string of the molecule is CC[C@H](C)NC(=O)NC(=O)COC(=O)c1ccc2c(c1)CCN2S(C)(=O)=O. The van der Waals surface area contributed by atoms with Crippen molar-refractivity contribution < 1.29 is 27.5 Å². The first-order valence-electron chi connectivity index (χ1n) is 8.50. The zero-order chi connectivity index (χ0) is 20.2. The quantitative estimate of drug-likeness (QED) is 0.685. The average Bonchev–Trinajstić information content (AvgIpc) is 3.02. The highest BCUT2D eigenvalue weighted by Crippen LogP contribution is 2.30. The van der Waals surface area contributed by atoms with E-state index in [2.05, 4.69) is 10.6 Å². The van der Waals surface area contributed by atoms with Crippen molar-refractivity contribution in [1.29, 1.82) is 0 Å². The summed E-state index contributed by atoms with van der Waals surface area (Å²) in [6, 6.07) is 3.80. The molecule has 0 fully saturated rings. The van der Waals surface area contributed by atoms with Crippen LogP contribution in [0.3, 0.4) is 0 Å². The van der Waals surface area contributed by atoms with Crippen LogP contribution in [0.5, 0.6) is 0 Å². The van der Waals surface area contributed by atoms with Crippen molar-refractivity contribution in [3.8, 4) is 0 Å². The van der Waals surface area contributed by atoms with Crippen LogP contribution in [0.2, 0.25) is 0 Å². The fourth-order valence-electron chi connectivity index (χ4n) is 2.58. The molecule has 0 aliphatic carbocycles. The van der Waals surface area contributed by atoms with Gasteiger partial charge in [-0.3, -0.25) is 14.4 Å². The van der Waals surface area contributed by atoms with E-state index in [1.807, 2.05) is 6.92 Å². The van der Waals surface area contributed by atoms with Crippen molar-refractivity contribution in [2.24, 2.45) is 0 Å². The molecule has 148 valence electrons. The third-order valence-electron chi connectivity index (χ3n) is 4.15. The molecule has 3 amide bonds. The van der Waals surface area contributed by atoms with E-state index in [0.717, 1.165) is 6.26 Å². The number of benzene rings is 1. The molecule has 2 N–H and O–H groups in total. The second kappa shape index (κ2) is 8.38. The molecule has 0 aromatic heterocycles. The molecule has 0 saturated heterocycles. The van der Waals surface area contributed by atoms with Gasteiger partial charge in [0.2, 0.25) is 10.0 Å². The average molecular weight is 397 g/mol. The Bertz CT molecular complexity index is 852. The van der Waals surface area contributed by atoms with Crippen molar-refractivity contribution >= 4 is 33.6 Å². The highest BCUT2D eigenvalue weighted by molar-refractivity contribution is 7.92. The van der Waals surface area contributed by atoms with E-state index < -0.39 is 34.5 Å². The lowest BCUT2D eigenvalue weighted by molar-refractivity contribution is -0.123. The van der Waals surface area contributed by atoms with E-state index >= 15 is 0 Å². The van der Waals surface area contributed by atoms with Gasteiger partial charge in [-0.1, -0.05) is 6.92 Å². The Labute approximate surface area is 158 Å². The van der Waals surface area contributed by atoms with Gasteiger partial charge >= 0.3 is 12.0 Å². The summed E-state index contributed by atoms with van der Waals surface area (Å²) in [5, 5.41) is 4.64. The molecule has 1 aromatic carbocycles. The van der Waals surface area contributed by atoms with Gasteiger partial charge in [-0.2, -0.15) is 0 Å². The van der Waals surface area contributed by atoms with Crippen molar-refractivity contribution in [3.05, 3.63) is 29.3 Å². The standard InChI is InChI=1S/C17H23N3O6S/c1-4-11(2)18-17(23)19-15(21)10-26-16(22)13-5-6-14-12(9-13)7-8-20(14)27(3,24)25/h5-6,9,11H,4,7-8,10H2,1-3H3,(H2,18,19,21,23)/t11-/m0/s1. The van der Waals surface area contributed by atoms with E-state index in [1.54, 1.807) is 19.1 Å². The zero-order valence-electron chi connectivity index (χ0n) is 15.4. The molecule has 1 aliphatic heterocycles. The van der Waals surface area contributed by atoms with Gasteiger partial charge in [-0.05, 0) is 43.5 Å². The summed E-state index contributed by atoms with van der Waals surface area (Å²) >= 11 is 0. The number of nitrogens with one attached hydrogen (secondary N) is 2. The summed E-state index contributed by atoms with van der Waals surface area (Å²) in [5.74, 6) is -1.47. The Morgan fingerprint density at radius 2 is 2.00 bits per heavy atom. The number of carbonyl (C=O) groups excluding carboxylic acids is 3.